The van der Waals surface area contributed by atoms with E-state index in [1.54, 1.807) is 129 Å². The Bertz CT molecular complexity index is 7020. The molecule has 12 aromatic carbocycles. The first-order chi connectivity index (χ1) is 64.7. The van der Waals surface area contributed by atoms with Crippen LogP contribution in [0.3, 0.4) is 0 Å². The van der Waals surface area contributed by atoms with Crippen molar-refractivity contribution in [1.29, 1.82) is 0 Å². The summed E-state index contributed by atoms with van der Waals surface area (Å²) in [6.45, 7) is 9.62. The summed E-state index contributed by atoms with van der Waals surface area (Å²) in [5.41, 5.74) is 15.3. The summed E-state index contributed by atoms with van der Waals surface area (Å²) in [5.74, 6) is -0.558. The molecular weight excluding hydrogens is 1900 g/mol. The highest BCUT2D eigenvalue weighted by atomic mass is 79.9. The second kappa shape index (κ2) is 47.1. The summed E-state index contributed by atoms with van der Waals surface area (Å²) in [6.07, 6.45) is -4.42. The molecule has 0 unspecified atom stereocenters. The van der Waals surface area contributed by atoms with E-state index < -0.39 is 11.7 Å². The van der Waals surface area contributed by atoms with Crippen molar-refractivity contribution in [1.82, 2.24) is 29.9 Å². The summed E-state index contributed by atoms with van der Waals surface area (Å²) in [6, 6.07) is 93.4. The van der Waals surface area contributed by atoms with Crippen LogP contribution in [0, 0.1) is 40.4 Å². The van der Waals surface area contributed by atoms with Crippen LogP contribution in [0.15, 0.2) is 341 Å². The van der Waals surface area contributed by atoms with Crippen LogP contribution in [0.1, 0.15) is 94.2 Å². The number of aryl methyl sites for hydroxylation is 4. The molecular formula is C103H80BrClF4N12O7S6. The van der Waals surface area contributed by atoms with Gasteiger partial charge in [-0.15, -0.1) is 68.0 Å². The predicted octanol–water partition coefficient (Wildman–Crippen LogP) is 28.5. The molecule has 0 aliphatic carbocycles. The van der Waals surface area contributed by atoms with Crippen molar-refractivity contribution in [3.05, 3.63) is 418 Å². The van der Waals surface area contributed by atoms with E-state index >= 15 is 0 Å². The number of hydrogen-bond donors (Lipinski definition) is 6. The van der Waals surface area contributed by atoms with Crippen LogP contribution in [-0.4, -0.2) is 72.5 Å². The zero-order chi connectivity index (χ0) is 94.6. The zero-order valence-corrected chi connectivity index (χ0v) is 79.3. The van der Waals surface area contributed by atoms with E-state index in [2.05, 4.69) is 83.8 Å². The molecule has 0 fully saturated rings. The molecule has 0 saturated carbocycles. The second-order valence-electron chi connectivity index (χ2n) is 29.0. The number of nitrogens with zero attached hydrogens (tertiary/aromatic N) is 6. The van der Waals surface area contributed by atoms with Crippen molar-refractivity contribution in [3.63, 3.8) is 0 Å². The fourth-order valence-electron chi connectivity index (χ4n) is 12.6. The van der Waals surface area contributed by atoms with Gasteiger partial charge in [-0.25, -0.2) is 34.3 Å². The monoisotopic (exact) mass is 1980 g/mol. The van der Waals surface area contributed by atoms with Gasteiger partial charge in [-0.05, 0) is 203 Å². The van der Waals surface area contributed by atoms with Crippen molar-refractivity contribution in [2.75, 3.05) is 39.0 Å². The number of ether oxygens (including phenoxy) is 1. The SMILES string of the molecule is COc1cc(-c2csc(NC(=O)c3ccccc3)n2)cc(C)c1C.Cc1cc(-c2csc(NC(=O)c3ccccc3)n2)cc(C(F)(F)F)c1.Cc1sc(NC(=O)c2ccccc2)nc1-c1ccc(F)cc1.Cc1sc(NC(=O)c2ccccc2)nc1-c1ccccc1.O=C(Nc1nc(-c2ccc(Br)cc2)cs1)c1ccccc1.O=C(Nc1nc(-c2cccc(Cl)c2)cs1)c1ccccc1. The Morgan fingerprint density at radius 2 is 0.649 bits per heavy atom. The van der Waals surface area contributed by atoms with E-state index in [1.807, 2.05) is 220 Å². The van der Waals surface area contributed by atoms with Gasteiger partial charge in [0.1, 0.15) is 11.6 Å². The Labute approximate surface area is 807 Å². The Morgan fingerprint density at radius 1 is 0.336 bits per heavy atom. The molecule has 0 radical (unpaired) electrons. The van der Waals surface area contributed by atoms with Crippen molar-refractivity contribution >= 4 is 162 Å². The molecule has 6 heterocycles. The number of nitrogens with one attached hydrogen (secondary N) is 6. The number of rotatable bonds is 19. The van der Waals surface area contributed by atoms with Crippen LogP contribution in [0.4, 0.5) is 48.4 Å². The molecule has 0 atom stereocenters. The van der Waals surface area contributed by atoms with Gasteiger partial charge in [-0.1, -0.05) is 191 Å². The lowest BCUT2D eigenvalue weighted by molar-refractivity contribution is -0.137. The number of thiazole rings is 6. The van der Waals surface area contributed by atoms with Crippen LogP contribution >= 0.6 is 95.6 Å². The summed E-state index contributed by atoms with van der Waals surface area (Å²) in [5, 5.41) is 28.0. The number of hydrogen-bond acceptors (Lipinski definition) is 19. The molecule has 19 nitrogen and oxygen atoms in total. The first-order valence-electron chi connectivity index (χ1n) is 40.9. The summed E-state index contributed by atoms with van der Waals surface area (Å²) in [7, 11) is 1.66. The molecule has 134 heavy (non-hydrogen) atoms. The number of aromatic nitrogens is 6. The molecule has 672 valence electrons. The van der Waals surface area contributed by atoms with E-state index in [-0.39, 0.29) is 41.3 Å². The van der Waals surface area contributed by atoms with Crippen molar-refractivity contribution in [2.45, 2.75) is 40.8 Å². The van der Waals surface area contributed by atoms with Gasteiger partial charge in [0.15, 0.2) is 30.8 Å². The maximum Gasteiger partial charge on any atom is 0.416 e. The standard InChI is InChI=1S/C19H18N2O2S.C18H13F3N2OS.C17H13FN2OS.C17H14N2OS.C16H11BrN2OS.C16H11ClN2OS/c1-12-9-15(10-17(23-3)13(12)2)16-11-24-19(20-16)21-18(22)14-7-5-4-6-8-14;1-11-7-13(9-14(8-11)18(19,20)21)15-10-25-17(22-15)23-16(24)12-5-3-2-4-6-12;1-11-15(12-7-9-14(18)10-8-12)19-17(22-11)20-16(21)13-5-3-2-4-6-13;1-12-15(13-8-4-2-5-9-13)18-17(21-12)19-16(20)14-10-6-3-7-11-14;17-13-8-6-11(7-9-13)14-10-21-16(18-14)19-15(20)12-4-2-1-3-5-12;17-13-8-4-7-12(9-13)14-10-21-16(18-14)19-15(20)11-5-2-1-3-6-11/h4-11H,1-3H3,(H,20,21,22);2-10H,1H3,(H,22,23,24);2-10H,1H3,(H,19,20,21);2-11H,1H3,(H,18,19,20);2*1-10H,(H,18,19,20). The first kappa shape index (κ1) is 97.1. The maximum absolute atomic E-state index is 13.0. The number of carbonyl (C=O) groups excluding carboxylic acids is 6. The van der Waals surface area contributed by atoms with Gasteiger partial charge in [0.25, 0.3) is 35.4 Å². The van der Waals surface area contributed by atoms with Gasteiger partial charge in [-0.2, -0.15) is 13.2 Å². The molecule has 6 aromatic heterocycles. The predicted molar refractivity (Wildman–Crippen MR) is 540 cm³/mol. The van der Waals surface area contributed by atoms with Crippen LogP contribution in [-0.2, 0) is 6.18 Å². The fraction of sp³-hybridized carbons (Fsp3) is 0.0680. The molecule has 0 bridgehead atoms. The minimum Gasteiger partial charge on any atom is -0.496 e. The average Bonchev–Trinajstić information content (AvgIpc) is 1.50. The van der Waals surface area contributed by atoms with Gasteiger partial charge < -0.3 is 4.74 Å². The number of alkyl halides is 3. The largest absolute Gasteiger partial charge is 0.496 e. The van der Waals surface area contributed by atoms with E-state index in [1.165, 1.54) is 68.8 Å². The first-order valence-corrected chi connectivity index (χ1v) is 47.2. The topological polar surface area (TPSA) is 261 Å². The highest BCUT2D eigenvalue weighted by Crippen LogP contribution is 2.38. The van der Waals surface area contributed by atoms with Gasteiger partial charge in [-0.3, -0.25) is 60.7 Å². The number of benzene rings is 12. The minimum absolute atomic E-state index is 0.135. The molecule has 0 spiro atoms. The Hall–Kier alpha value is -14.5. The summed E-state index contributed by atoms with van der Waals surface area (Å²) >= 11 is 17.6. The quantitative estimate of drug-likeness (QED) is 0.0412. The molecule has 18 aromatic rings. The van der Waals surface area contributed by atoms with Crippen LogP contribution in [0.25, 0.3) is 67.5 Å². The van der Waals surface area contributed by atoms with Crippen molar-refractivity contribution < 1.29 is 51.1 Å². The molecule has 6 amide bonds. The van der Waals surface area contributed by atoms with Gasteiger partial charge in [0, 0.05) is 108 Å². The van der Waals surface area contributed by atoms with Gasteiger partial charge >= 0.3 is 6.18 Å². The molecule has 6 N–H and O–H groups in total. The number of halogens is 6. The maximum atomic E-state index is 13.0. The lowest BCUT2D eigenvalue weighted by Gasteiger charge is -2.09. The lowest BCUT2D eigenvalue weighted by Crippen LogP contribution is -2.11. The van der Waals surface area contributed by atoms with Gasteiger partial charge in [0.05, 0.1) is 46.8 Å². The molecule has 0 saturated heterocycles. The zero-order valence-electron chi connectivity index (χ0n) is 72.1. The third kappa shape index (κ3) is 27.8. The van der Waals surface area contributed by atoms with E-state index in [9.17, 15) is 46.3 Å². The number of anilines is 6. The molecule has 18 rings (SSSR count). The number of amides is 6. The summed E-state index contributed by atoms with van der Waals surface area (Å²) in [4.78, 5) is 101. The summed E-state index contributed by atoms with van der Waals surface area (Å²) < 4.78 is 58.3. The third-order valence-electron chi connectivity index (χ3n) is 19.4. The van der Waals surface area contributed by atoms with E-state index in [4.69, 9.17) is 16.3 Å². The highest BCUT2D eigenvalue weighted by molar-refractivity contribution is 9.10. The normalized spacial score (nSPS) is 10.6. The Morgan fingerprint density at radius 3 is 1.00 bits per heavy atom. The molecule has 0 aliphatic heterocycles. The smallest absolute Gasteiger partial charge is 0.416 e. The average molecular weight is 1980 g/mol. The lowest BCUT2D eigenvalue weighted by atomic mass is 10.0. The molecule has 31 heteroatoms. The Balaban J connectivity index is 0.000000137. The number of methoxy groups -OCH3 is 1. The van der Waals surface area contributed by atoms with E-state index in [0.29, 0.717) is 86.0 Å². The van der Waals surface area contributed by atoms with E-state index in [0.717, 1.165) is 111 Å². The van der Waals surface area contributed by atoms with Crippen LogP contribution in [0.2, 0.25) is 5.02 Å². The second-order valence-corrected chi connectivity index (χ2v) is 36.2. The van der Waals surface area contributed by atoms with Crippen LogP contribution < -0.4 is 36.6 Å². The van der Waals surface area contributed by atoms with Crippen molar-refractivity contribution in [3.8, 4) is 73.3 Å². The minimum atomic E-state index is -4.42. The fourth-order valence-corrected chi connectivity index (χ4v) is 17.6. The number of carbonyl (C=O) groups is 6. The Kier molecular flexibility index (Phi) is 34.1. The third-order valence-corrected chi connectivity index (χ3v) is 25.0. The van der Waals surface area contributed by atoms with Gasteiger partial charge in [0.2, 0.25) is 0 Å². The molecule has 0 aliphatic rings. The van der Waals surface area contributed by atoms with Crippen LogP contribution in [0.5, 0.6) is 5.75 Å². The van der Waals surface area contributed by atoms with Crippen molar-refractivity contribution in [2.24, 2.45) is 0 Å². The highest BCUT2D eigenvalue weighted by Gasteiger charge is 2.31.